The van der Waals surface area contributed by atoms with Crippen LogP contribution in [0.25, 0.3) is 11.4 Å². The van der Waals surface area contributed by atoms with Gasteiger partial charge in [0.2, 0.25) is 5.91 Å². The number of thioether (sulfide) groups is 1. The van der Waals surface area contributed by atoms with E-state index >= 15 is 0 Å². The zero-order chi connectivity index (χ0) is 21.0. The van der Waals surface area contributed by atoms with Gasteiger partial charge in [0, 0.05) is 18.3 Å². The normalized spacial score (nSPS) is 11.0. The molecule has 1 heterocycles. The standard InChI is InChI=1S/C19H17ClF2N4O2S/c1-11-3-5-12(6-4-11)17-24-25-19(26(17)2)29-10-16(27)23-13-7-8-15(14(20)9-13)28-18(21)22/h3-9,18H,10H2,1-2H3,(H,23,27). The number of amides is 1. The molecule has 0 aliphatic carbocycles. The molecule has 29 heavy (non-hydrogen) atoms. The second-order valence-electron chi connectivity index (χ2n) is 6.09. The number of halogens is 3. The molecule has 0 aliphatic heterocycles. The molecule has 10 heteroatoms. The average Bonchev–Trinajstić information content (AvgIpc) is 3.03. The Morgan fingerprint density at radius 2 is 1.97 bits per heavy atom. The van der Waals surface area contributed by atoms with Gasteiger partial charge in [0.15, 0.2) is 11.0 Å². The number of ether oxygens (including phenoxy) is 1. The number of carbonyl (C=O) groups is 1. The molecule has 1 aromatic heterocycles. The van der Waals surface area contributed by atoms with Crippen LogP contribution in [0.4, 0.5) is 14.5 Å². The van der Waals surface area contributed by atoms with Crippen LogP contribution in [0.1, 0.15) is 5.56 Å². The van der Waals surface area contributed by atoms with Gasteiger partial charge in [0.1, 0.15) is 5.75 Å². The fourth-order valence-electron chi connectivity index (χ4n) is 2.49. The lowest BCUT2D eigenvalue weighted by Crippen LogP contribution is -2.14. The number of nitrogens with one attached hydrogen (secondary N) is 1. The summed E-state index contributed by atoms with van der Waals surface area (Å²) in [6.07, 6.45) is 0. The molecule has 1 N–H and O–H groups in total. The van der Waals surface area contributed by atoms with E-state index in [1.54, 1.807) is 0 Å². The highest BCUT2D eigenvalue weighted by Gasteiger charge is 2.14. The Balaban J connectivity index is 1.60. The summed E-state index contributed by atoms with van der Waals surface area (Å²) in [7, 11) is 1.83. The number of hydrogen-bond donors (Lipinski definition) is 1. The molecule has 0 saturated carbocycles. The van der Waals surface area contributed by atoms with Crippen molar-refractivity contribution in [3.8, 4) is 17.1 Å². The van der Waals surface area contributed by atoms with E-state index in [4.69, 9.17) is 11.6 Å². The largest absolute Gasteiger partial charge is 0.433 e. The van der Waals surface area contributed by atoms with Gasteiger partial charge in [-0.15, -0.1) is 10.2 Å². The van der Waals surface area contributed by atoms with Crippen LogP contribution in [0.5, 0.6) is 5.75 Å². The maximum absolute atomic E-state index is 12.3. The number of carbonyl (C=O) groups excluding carboxylic acids is 1. The summed E-state index contributed by atoms with van der Waals surface area (Å²) in [6.45, 7) is -0.965. The molecule has 0 aliphatic rings. The first-order chi connectivity index (χ1) is 13.8. The number of nitrogens with zero attached hydrogens (tertiary/aromatic N) is 3. The number of alkyl halides is 2. The highest BCUT2D eigenvalue weighted by Crippen LogP contribution is 2.29. The van der Waals surface area contributed by atoms with Gasteiger partial charge in [-0.2, -0.15) is 8.78 Å². The van der Waals surface area contributed by atoms with E-state index in [0.29, 0.717) is 16.7 Å². The van der Waals surface area contributed by atoms with Crippen molar-refractivity contribution >= 4 is 35.0 Å². The van der Waals surface area contributed by atoms with Gasteiger partial charge in [-0.25, -0.2) is 0 Å². The number of anilines is 1. The summed E-state index contributed by atoms with van der Waals surface area (Å²) in [6, 6.07) is 12.0. The second kappa shape index (κ2) is 9.23. The van der Waals surface area contributed by atoms with E-state index in [1.807, 2.05) is 42.8 Å². The molecule has 0 fully saturated rings. The first-order valence-corrected chi connectivity index (χ1v) is 9.83. The van der Waals surface area contributed by atoms with Crippen molar-refractivity contribution in [3.63, 3.8) is 0 Å². The molecular weight excluding hydrogens is 422 g/mol. The van der Waals surface area contributed by atoms with Crippen LogP contribution >= 0.6 is 23.4 Å². The van der Waals surface area contributed by atoms with Gasteiger partial charge >= 0.3 is 6.61 Å². The van der Waals surface area contributed by atoms with Crippen LogP contribution in [0.2, 0.25) is 5.02 Å². The van der Waals surface area contributed by atoms with Crippen molar-refractivity contribution in [1.29, 1.82) is 0 Å². The Morgan fingerprint density at radius 3 is 2.62 bits per heavy atom. The van der Waals surface area contributed by atoms with Crippen LogP contribution in [-0.4, -0.2) is 33.0 Å². The van der Waals surface area contributed by atoms with Crippen molar-refractivity contribution in [2.45, 2.75) is 18.7 Å². The lowest BCUT2D eigenvalue weighted by atomic mass is 10.1. The first kappa shape index (κ1) is 21.1. The van der Waals surface area contributed by atoms with Crippen LogP contribution in [0.3, 0.4) is 0 Å². The van der Waals surface area contributed by atoms with Crippen molar-refractivity contribution < 1.29 is 18.3 Å². The average molecular weight is 439 g/mol. The zero-order valence-corrected chi connectivity index (χ0v) is 17.1. The minimum Gasteiger partial charge on any atom is -0.433 e. The Kier molecular flexibility index (Phi) is 6.71. The van der Waals surface area contributed by atoms with E-state index in [1.165, 1.54) is 30.0 Å². The SMILES string of the molecule is Cc1ccc(-c2nnc(SCC(=O)Nc3ccc(OC(F)F)c(Cl)c3)n2C)cc1. The monoisotopic (exact) mass is 438 g/mol. The van der Waals surface area contributed by atoms with Gasteiger partial charge in [-0.3, -0.25) is 4.79 Å². The third-order valence-electron chi connectivity index (χ3n) is 3.91. The van der Waals surface area contributed by atoms with Crippen molar-refractivity contribution in [2.75, 3.05) is 11.1 Å². The van der Waals surface area contributed by atoms with E-state index in [0.717, 1.165) is 11.1 Å². The van der Waals surface area contributed by atoms with Crippen LogP contribution in [-0.2, 0) is 11.8 Å². The maximum atomic E-state index is 12.3. The van der Waals surface area contributed by atoms with E-state index in [2.05, 4.69) is 20.3 Å². The third-order valence-corrected chi connectivity index (χ3v) is 5.22. The number of aromatic nitrogens is 3. The van der Waals surface area contributed by atoms with Gasteiger partial charge < -0.3 is 14.6 Å². The smallest absolute Gasteiger partial charge is 0.387 e. The summed E-state index contributed by atoms with van der Waals surface area (Å²) in [4.78, 5) is 12.2. The van der Waals surface area contributed by atoms with Crippen LogP contribution in [0, 0.1) is 6.92 Å². The van der Waals surface area contributed by atoms with E-state index < -0.39 is 6.61 Å². The molecular formula is C19H17ClF2N4O2S. The van der Waals surface area contributed by atoms with E-state index in [9.17, 15) is 13.6 Å². The van der Waals surface area contributed by atoms with Gasteiger partial charge in [0.25, 0.3) is 0 Å². The Labute approximate surface area is 175 Å². The third kappa shape index (κ3) is 5.45. The Bertz CT molecular complexity index is 1010. The minimum atomic E-state index is -2.97. The van der Waals surface area contributed by atoms with Gasteiger partial charge in [-0.05, 0) is 25.1 Å². The number of rotatable bonds is 7. The number of benzene rings is 2. The van der Waals surface area contributed by atoms with Crippen LogP contribution < -0.4 is 10.1 Å². The molecule has 3 rings (SSSR count). The molecule has 1 amide bonds. The fourth-order valence-corrected chi connectivity index (χ4v) is 3.43. The Morgan fingerprint density at radius 1 is 1.24 bits per heavy atom. The number of aryl methyl sites for hydroxylation is 1. The molecule has 0 saturated heterocycles. The zero-order valence-electron chi connectivity index (χ0n) is 15.5. The maximum Gasteiger partial charge on any atom is 0.387 e. The minimum absolute atomic E-state index is 0.0215. The molecule has 0 radical (unpaired) electrons. The van der Waals surface area contributed by atoms with E-state index in [-0.39, 0.29) is 22.4 Å². The second-order valence-corrected chi connectivity index (χ2v) is 7.44. The highest BCUT2D eigenvalue weighted by atomic mass is 35.5. The fraction of sp³-hybridized carbons (Fsp3) is 0.211. The lowest BCUT2D eigenvalue weighted by Gasteiger charge is -2.09. The van der Waals surface area contributed by atoms with Gasteiger partial charge in [0.05, 0.1) is 10.8 Å². The summed E-state index contributed by atoms with van der Waals surface area (Å²) in [5.41, 5.74) is 2.46. The molecule has 0 spiro atoms. The predicted octanol–water partition coefficient (Wildman–Crippen LogP) is 4.78. The van der Waals surface area contributed by atoms with Crippen LogP contribution in [0.15, 0.2) is 47.6 Å². The molecule has 152 valence electrons. The molecule has 3 aromatic rings. The molecule has 0 unspecified atom stereocenters. The molecule has 2 aromatic carbocycles. The lowest BCUT2D eigenvalue weighted by molar-refractivity contribution is -0.113. The van der Waals surface area contributed by atoms with Crippen molar-refractivity contribution in [3.05, 3.63) is 53.1 Å². The van der Waals surface area contributed by atoms with Gasteiger partial charge in [-0.1, -0.05) is 53.2 Å². The molecule has 6 nitrogen and oxygen atoms in total. The summed E-state index contributed by atoms with van der Waals surface area (Å²) in [5.74, 6) is 0.340. The highest BCUT2D eigenvalue weighted by molar-refractivity contribution is 7.99. The Hall–Kier alpha value is -2.65. The topological polar surface area (TPSA) is 69.0 Å². The van der Waals surface area contributed by atoms with Crippen molar-refractivity contribution in [2.24, 2.45) is 7.05 Å². The molecule has 0 bridgehead atoms. The molecule has 0 atom stereocenters. The quantitative estimate of drug-likeness (QED) is 0.538. The van der Waals surface area contributed by atoms with Crippen molar-refractivity contribution in [1.82, 2.24) is 14.8 Å². The number of hydrogen-bond acceptors (Lipinski definition) is 5. The summed E-state index contributed by atoms with van der Waals surface area (Å²) >= 11 is 7.11. The first-order valence-electron chi connectivity index (χ1n) is 8.47. The summed E-state index contributed by atoms with van der Waals surface area (Å²) < 4.78 is 30.6. The summed E-state index contributed by atoms with van der Waals surface area (Å²) in [5, 5.41) is 11.5. The predicted molar refractivity (Wildman–Crippen MR) is 109 cm³/mol.